The third-order valence-corrected chi connectivity index (χ3v) is 6.12. The second-order valence-corrected chi connectivity index (χ2v) is 8.46. The fourth-order valence-electron chi connectivity index (χ4n) is 4.28. The lowest BCUT2D eigenvalue weighted by Crippen LogP contribution is -2.36. The molecule has 2 aliphatic carbocycles. The third-order valence-electron chi connectivity index (χ3n) is 5.87. The molecule has 4 rings (SSSR count). The van der Waals surface area contributed by atoms with Gasteiger partial charge in [0, 0.05) is 34.2 Å². The number of carbonyl (C=O) groups excluding carboxylic acids is 2. The quantitative estimate of drug-likeness (QED) is 0.689. The predicted octanol–water partition coefficient (Wildman–Crippen LogP) is 4.77. The third kappa shape index (κ3) is 4.43. The summed E-state index contributed by atoms with van der Waals surface area (Å²) in [5.74, 6) is 0.678. The van der Waals surface area contributed by atoms with Gasteiger partial charge in [-0.25, -0.2) is 5.43 Å². The van der Waals surface area contributed by atoms with Gasteiger partial charge in [-0.2, -0.15) is 5.10 Å². The highest BCUT2D eigenvalue weighted by Crippen LogP contribution is 2.30. The Bertz CT molecular complexity index is 972. The largest absolute Gasteiger partial charge is 0.455 e. The van der Waals surface area contributed by atoms with Gasteiger partial charge < -0.3 is 9.73 Å². The maximum atomic E-state index is 12.8. The van der Waals surface area contributed by atoms with Gasteiger partial charge in [0.25, 0.3) is 11.8 Å². The van der Waals surface area contributed by atoms with Crippen molar-refractivity contribution in [2.45, 2.75) is 64.3 Å². The molecule has 0 atom stereocenters. The van der Waals surface area contributed by atoms with Crippen LogP contribution in [0.2, 0.25) is 5.02 Å². The number of fused-ring (bicyclic) bond motifs is 1. The van der Waals surface area contributed by atoms with Crippen molar-refractivity contribution < 1.29 is 14.0 Å². The first-order valence-electron chi connectivity index (χ1n) is 10.6. The van der Waals surface area contributed by atoms with Crippen LogP contribution in [0.4, 0.5) is 0 Å². The summed E-state index contributed by atoms with van der Waals surface area (Å²) in [7, 11) is 0. The maximum Gasteiger partial charge on any atom is 0.287 e. The van der Waals surface area contributed by atoms with Gasteiger partial charge in [-0.15, -0.1) is 0 Å². The number of nitrogens with one attached hydrogen (secondary N) is 2. The van der Waals surface area contributed by atoms with Crippen LogP contribution in [-0.2, 0) is 6.42 Å². The van der Waals surface area contributed by atoms with Crippen molar-refractivity contribution in [3.8, 4) is 0 Å². The lowest BCUT2D eigenvalue weighted by atomic mass is 9.93. The lowest BCUT2D eigenvalue weighted by Gasteiger charge is -2.22. The Morgan fingerprint density at radius 1 is 1.03 bits per heavy atom. The van der Waals surface area contributed by atoms with Gasteiger partial charge in [0.15, 0.2) is 5.76 Å². The zero-order valence-corrected chi connectivity index (χ0v) is 17.8. The molecule has 0 radical (unpaired) electrons. The Morgan fingerprint density at radius 2 is 1.77 bits per heavy atom. The number of rotatable bonds is 4. The fourth-order valence-corrected chi connectivity index (χ4v) is 4.40. The van der Waals surface area contributed by atoms with Gasteiger partial charge >= 0.3 is 0 Å². The molecule has 6 nitrogen and oxygen atoms in total. The van der Waals surface area contributed by atoms with E-state index in [1.54, 1.807) is 24.3 Å². The minimum atomic E-state index is -0.303. The van der Waals surface area contributed by atoms with Crippen LogP contribution < -0.4 is 10.7 Å². The van der Waals surface area contributed by atoms with E-state index in [-0.39, 0.29) is 17.9 Å². The zero-order valence-electron chi connectivity index (χ0n) is 17.1. The molecular formula is C23H26ClN3O3. The normalized spacial score (nSPS) is 18.1. The molecule has 0 saturated heterocycles. The Kier molecular flexibility index (Phi) is 6.23. The molecule has 1 fully saturated rings. The van der Waals surface area contributed by atoms with Crippen molar-refractivity contribution in [3.05, 3.63) is 57.5 Å². The number of hydrogen-bond acceptors (Lipinski definition) is 4. The van der Waals surface area contributed by atoms with Gasteiger partial charge in [0.1, 0.15) is 5.76 Å². The maximum absolute atomic E-state index is 12.8. The van der Waals surface area contributed by atoms with E-state index in [4.69, 9.17) is 16.0 Å². The Balaban J connectivity index is 1.51. The number of nitrogens with zero attached hydrogens (tertiary/aromatic N) is 1. The van der Waals surface area contributed by atoms with E-state index in [2.05, 4.69) is 15.8 Å². The fraction of sp³-hybridized carbons (Fsp3) is 0.435. The summed E-state index contributed by atoms with van der Waals surface area (Å²) in [6, 6.07) is 6.86. The summed E-state index contributed by atoms with van der Waals surface area (Å²) in [6.45, 7) is 1.89. The summed E-state index contributed by atoms with van der Waals surface area (Å²) in [4.78, 5) is 25.2. The average molecular weight is 428 g/mol. The van der Waals surface area contributed by atoms with Crippen LogP contribution in [0.15, 0.2) is 33.8 Å². The van der Waals surface area contributed by atoms with Crippen LogP contribution >= 0.6 is 11.6 Å². The summed E-state index contributed by atoms with van der Waals surface area (Å²) in [5, 5.41) is 8.06. The molecule has 0 unspecified atom stereocenters. The highest BCUT2D eigenvalue weighted by atomic mass is 35.5. The number of aryl methyl sites for hydroxylation is 1. The van der Waals surface area contributed by atoms with Gasteiger partial charge in [-0.05, 0) is 56.9 Å². The van der Waals surface area contributed by atoms with Crippen LogP contribution in [0.5, 0.6) is 0 Å². The molecule has 0 aliphatic heterocycles. The van der Waals surface area contributed by atoms with Crippen molar-refractivity contribution in [2.24, 2.45) is 5.10 Å². The minimum absolute atomic E-state index is 0.154. The topological polar surface area (TPSA) is 83.7 Å². The molecule has 1 aromatic carbocycles. The van der Waals surface area contributed by atoms with E-state index in [9.17, 15) is 9.59 Å². The smallest absolute Gasteiger partial charge is 0.287 e. The van der Waals surface area contributed by atoms with E-state index in [1.807, 2.05) is 6.92 Å². The molecule has 0 spiro atoms. The summed E-state index contributed by atoms with van der Waals surface area (Å²) in [6.07, 6.45) is 7.94. The molecule has 1 saturated carbocycles. The molecule has 7 heteroatoms. The second-order valence-electron chi connectivity index (χ2n) is 8.02. The van der Waals surface area contributed by atoms with Crippen LogP contribution in [0.25, 0.3) is 0 Å². The van der Waals surface area contributed by atoms with Crippen LogP contribution in [0, 0.1) is 6.92 Å². The number of benzene rings is 1. The number of hydrogen-bond donors (Lipinski definition) is 2. The summed E-state index contributed by atoms with van der Waals surface area (Å²) in [5.41, 5.74) is 5.50. The van der Waals surface area contributed by atoms with E-state index >= 15 is 0 Å². The minimum Gasteiger partial charge on any atom is -0.455 e. The van der Waals surface area contributed by atoms with E-state index in [0.29, 0.717) is 16.3 Å². The highest BCUT2D eigenvalue weighted by Gasteiger charge is 2.29. The van der Waals surface area contributed by atoms with Crippen LogP contribution in [-0.4, -0.2) is 23.6 Å². The van der Waals surface area contributed by atoms with Gasteiger partial charge in [-0.3, -0.25) is 9.59 Å². The number of furan rings is 1. The number of carbonyl (C=O) groups is 2. The first kappa shape index (κ1) is 20.7. The molecule has 2 amide bonds. The summed E-state index contributed by atoms with van der Waals surface area (Å²) < 4.78 is 5.95. The monoisotopic (exact) mass is 427 g/mol. The van der Waals surface area contributed by atoms with Crippen LogP contribution in [0.1, 0.15) is 82.7 Å². The van der Waals surface area contributed by atoms with Gasteiger partial charge in [-0.1, -0.05) is 30.9 Å². The Hall–Kier alpha value is -2.60. The zero-order chi connectivity index (χ0) is 21.1. The molecule has 2 aliphatic rings. The SMILES string of the molecule is Cc1c(C(=O)NC2CCCCC2)oc2c1/C(=N/NC(=O)c1ccc(Cl)cc1)CCC2. The first-order valence-corrected chi connectivity index (χ1v) is 11.0. The number of hydrazone groups is 1. The molecule has 0 bridgehead atoms. The Labute approximate surface area is 181 Å². The molecule has 2 N–H and O–H groups in total. The van der Waals surface area contributed by atoms with E-state index < -0.39 is 0 Å². The molecule has 1 aromatic heterocycles. The molecule has 30 heavy (non-hydrogen) atoms. The second kappa shape index (κ2) is 9.04. The van der Waals surface area contributed by atoms with Crippen molar-refractivity contribution in [1.29, 1.82) is 0 Å². The first-order chi connectivity index (χ1) is 14.5. The number of amides is 2. The molecule has 1 heterocycles. The van der Waals surface area contributed by atoms with E-state index in [0.717, 1.165) is 67.5 Å². The van der Waals surface area contributed by atoms with E-state index in [1.165, 1.54) is 6.42 Å². The Morgan fingerprint density at radius 3 is 2.50 bits per heavy atom. The van der Waals surface area contributed by atoms with Crippen molar-refractivity contribution in [2.75, 3.05) is 0 Å². The summed E-state index contributed by atoms with van der Waals surface area (Å²) >= 11 is 5.88. The average Bonchev–Trinajstić information content (AvgIpc) is 3.10. The highest BCUT2D eigenvalue weighted by molar-refractivity contribution is 6.30. The van der Waals surface area contributed by atoms with Crippen molar-refractivity contribution in [1.82, 2.24) is 10.7 Å². The van der Waals surface area contributed by atoms with Crippen molar-refractivity contribution in [3.63, 3.8) is 0 Å². The molecule has 158 valence electrons. The lowest BCUT2D eigenvalue weighted by molar-refractivity contribution is 0.0896. The number of halogens is 1. The van der Waals surface area contributed by atoms with Crippen molar-refractivity contribution >= 4 is 29.1 Å². The molecular weight excluding hydrogens is 402 g/mol. The molecule has 2 aromatic rings. The standard InChI is InChI=1S/C23H26ClN3O3/c1-14-20-18(26-27-22(28)15-10-12-16(24)13-11-15)8-5-9-19(20)30-21(14)23(29)25-17-6-3-2-4-7-17/h10-13,17H,2-9H2,1H3,(H,25,29)(H,27,28)/b26-18+. The van der Waals surface area contributed by atoms with Gasteiger partial charge in [0.2, 0.25) is 0 Å². The van der Waals surface area contributed by atoms with Crippen LogP contribution in [0.3, 0.4) is 0 Å². The predicted molar refractivity (Wildman–Crippen MR) is 116 cm³/mol. The van der Waals surface area contributed by atoms with Gasteiger partial charge in [0.05, 0.1) is 5.71 Å².